The van der Waals surface area contributed by atoms with Crippen LogP contribution in [0.2, 0.25) is 0 Å². The summed E-state index contributed by atoms with van der Waals surface area (Å²) in [5.41, 5.74) is 1.72. The van der Waals surface area contributed by atoms with E-state index in [0.29, 0.717) is 29.3 Å². The molecule has 0 aliphatic carbocycles. The molecule has 0 unspecified atom stereocenters. The molecule has 0 saturated heterocycles. The van der Waals surface area contributed by atoms with Crippen molar-refractivity contribution < 1.29 is 14.1 Å². The van der Waals surface area contributed by atoms with Crippen molar-refractivity contribution in [2.45, 2.75) is 19.8 Å². The highest BCUT2D eigenvalue weighted by molar-refractivity contribution is 9.10. The number of halogens is 1. The summed E-state index contributed by atoms with van der Waals surface area (Å²) >= 11 is 3.38. The second-order valence-corrected chi connectivity index (χ2v) is 6.80. The van der Waals surface area contributed by atoms with Crippen molar-refractivity contribution in [2.75, 3.05) is 5.32 Å². The fourth-order valence-corrected chi connectivity index (χ4v) is 2.83. The molecule has 7 nitrogen and oxygen atoms in total. The maximum atomic E-state index is 12.2. The molecule has 0 bridgehead atoms. The van der Waals surface area contributed by atoms with Gasteiger partial charge in [0.2, 0.25) is 5.91 Å². The van der Waals surface area contributed by atoms with Crippen molar-refractivity contribution in [1.82, 2.24) is 4.98 Å². The molecular formula is C19H16BrN3O4. The van der Waals surface area contributed by atoms with Gasteiger partial charge in [-0.15, -0.1) is 0 Å². The first kappa shape index (κ1) is 18.8. The smallest absolute Gasteiger partial charge is 0.274 e. The number of hydrogen-bond acceptors (Lipinski definition) is 5. The lowest BCUT2D eigenvalue weighted by Crippen LogP contribution is -2.13. The number of oxazole rings is 1. The number of hydrogen-bond donors (Lipinski definition) is 1. The molecule has 1 amide bonds. The summed E-state index contributed by atoms with van der Waals surface area (Å²) in [6, 6.07) is 12.2. The maximum Gasteiger partial charge on any atom is 0.274 e. The number of nitro groups is 1. The van der Waals surface area contributed by atoms with Crippen molar-refractivity contribution in [3.63, 3.8) is 0 Å². The lowest BCUT2D eigenvalue weighted by Gasteiger charge is -2.08. The quantitative estimate of drug-likeness (QED) is 0.444. The third-order valence-corrected chi connectivity index (χ3v) is 4.55. The molecule has 1 aromatic heterocycles. The number of nitro benzene ring substituents is 1. The normalized spacial score (nSPS) is 10.6. The fourth-order valence-electron chi connectivity index (χ4n) is 2.56. The Morgan fingerprint density at radius 1 is 1.26 bits per heavy atom. The number of nitrogens with zero attached hydrogens (tertiary/aromatic N) is 2. The maximum absolute atomic E-state index is 12.2. The van der Waals surface area contributed by atoms with Crippen LogP contribution in [0.25, 0.3) is 11.3 Å². The zero-order valence-corrected chi connectivity index (χ0v) is 16.0. The molecule has 1 heterocycles. The van der Waals surface area contributed by atoms with Gasteiger partial charge in [0, 0.05) is 28.9 Å². The Morgan fingerprint density at radius 3 is 2.70 bits per heavy atom. The number of carbonyl (C=O) groups excluding carboxylic acids is 1. The van der Waals surface area contributed by atoms with Crippen LogP contribution in [0.15, 0.2) is 57.6 Å². The van der Waals surface area contributed by atoms with Gasteiger partial charge in [0.15, 0.2) is 11.7 Å². The summed E-state index contributed by atoms with van der Waals surface area (Å²) < 4.78 is 6.66. The third-order valence-electron chi connectivity index (χ3n) is 4.02. The van der Waals surface area contributed by atoms with Gasteiger partial charge in [-0.1, -0.05) is 34.1 Å². The van der Waals surface area contributed by atoms with Crippen LogP contribution >= 0.6 is 15.9 Å². The Bertz CT molecular complexity index is 983. The number of nitrogens with one attached hydrogen (secondary N) is 1. The standard InChI is InChI=1S/C19H16BrN3O4/c1-12-15(3-2-4-16(12)23(25)26)22-18(24)9-10-19-21-11-17(27-19)13-5-7-14(20)8-6-13/h2-8,11H,9-10H2,1H3,(H,22,24). The minimum Gasteiger partial charge on any atom is -0.441 e. The number of anilines is 1. The zero-order valence-electron chi connectivity index (χ0n) is 14.4. The van der Waals surface area contributed by atoms with E-state index in [0.717, 1.165) is 10.0 Å². The van der Waals surface area contributed by atoms with Crippen molar-refractivity contribution in [1.29, 1.82) is 0 Å². The second-order valence-electron chi connectivity index (χ2n) is 5.88. The fraction of sp³-hybridized carbons (Fsp3) is 0.158. The van der Waals surface area contributed by atoms with E-state index < -0.39 is 4.92 Å². The summed E-state index contributed by atoms with van der Waals surface area (Å²) in [5.74, 6) is 0.827. The van der Waals surface area contributed by atoms with Gasteiger partial charge in [-0.2, -0.15) is 0 Å². The first-order valence-corrected chi connectivity index (χ1v) is 8.98. The van der Waals surface area contributed by atoms with Gasteiger partial charge in [-0.25, -0.2) is 4.98 Å². The van der Waals surface area contributed by atoms with Gasteiger partial charge < -0.3 is 9.73 Å². The monoisotopic (exact) mass is 429 g/mol. The molecule has 0 radical (unpaired) electrons. The molecule has 3 rings (SSSR count). The van der Waals surface area contributed by atoms with Crippen LogP contribution in [0.1, 0.15) is 17.9 Å². The van der Waals surface area contributed by atoms with E-state index in [-0.39, 0.29) is 18.0 Å². The molecule has 138 valence electrons. The lowest BCUT2D eigenvalue weighted by molar-refractivity contribution is -0.385. The van der Waals surface area contributed by atoms with Crippen LogP contribution in [0, 0.1) is 17.0 Å². The highest BCUT2D eigenvalue weighted by atomic mass is 79.9. The lowest BCUT2D eigenvalue weighted by atomic mass is 10.1. The minimum atomic E-state index is -0.471. The van der Waals surface area contributed by atoms with Crippen LogP contribution in [0.3, 0.4) is 0 Å². The molecular weight excluding hydrogens is 414 g/mol. The molecule has 0 aliphatic rings. The van der Waals surface area contributed by atoms with Crippen LogP contribution in [-0.4, -0.2) is 15.8 Å². The van der Waals surface area contributed by atoms with E-state index in [1.165, 1.54) is 6.07 Å². The Labute approximate surface area is 163 Å². The van der Waals surface area contributed by atoms with Crippen LogP contribution in [0.5, 0.6) is 0 Å². The van der Waals surface area contributed by atoms with E-state index in [1.807, 2.05) is 24.3 Å². The summed E-state index contributed by atoms with van der Waals surface area (Å²) in [5, 5.41) is 13.7. The topological polar surface area (TPSA) is 98.3 Å². The van der Waals surface area contributed by atoms with Gasteiger partial charge in [-0.3, -0.25) is 14.9 Å². The van der Waals surface area contributed by atoms with Crippen LogP contribution in [-0.2, 0) is 11.2 Å². The van der Waals surface area contributed by atoms with Gasteiger partial charge in [0.05, 0.1) is 22.4 Å². The average Bonchev–Trinajstić information content (AvgIpc) is 3.11. The highest BCUT2D eigenvalue weighted by Crippen LogP contribution is 2.26. The van der Waals surface area contributed by atoms with Gasteiger partial charge in [0.25, 0.3) is 5.69 Å². The van der Waals surface area contributed by atoms with Gasteiger partial charge in [0.1, 0.15) is 0 Å². The number of aryl methyl sites for hydroxylation is 1. The molecule has 27 heavy (non-hydrogen) atoms. The van der Waals surface area contributed by atoms with E-state index in [4.69, 9.17) is 4.42 Å². The van der Waals surface area contributed by atoms with E-state index >= 15 is 0 Å². The summed E-state index contributed by atoms with van der Waals surface area (Å²) in [6.45, 7) is 1.60. The van der Waals surface area contributed by atoms with Crippen molar-refractivity contribution >= 4 is 33.2 Å². The van der Waals surface area contributed by atoms with E-state index in [1.54, 1.807) is 25.3 Å². The van der Waals surface area contributed by atoms with E-state index in [9.17, 15) is 14.9 Å². The Morgan fingerprint density at radius 2 is 2.00 bits per heavy atom. The summed E-state index contributed by atoms with van der Waals surface area (Å²) in [4.78, 5) is 26.9. The summed E-state index contributed by atoms with van der Waals surface area (Å²) in [6.07, 6.45) is 2.11. The molecule has 1 N–H and O–H groups in total. The average molecular weight is 430 g/mol. The predicted octanol–water partition coefficient (Wildman–Crippen LogP) is 4.89. The molecule has 3 aromatic rings. The third kappa shape index (κ3) is 4.59. The van der Waals surface area contributed by atoms with Gasteiger partial charge in [-0.05, 0) is 25.1 Å². The molecule has 0 saturated carbocycles. The van der Waals surface area contributed by atoms with Crippen LogP contribution in [0.4, 0.5) is 11.4 Å². The van der Waals surface area contributed by atoms with Crippen molar-refractivity contribution in [3.8, 4) is 11.3 Å². The number of amides is 1. The minimum absolute atomic E-state index is 0.0281. The number of carbonyl (C=O) groups is 1. The largest absolute Gasteiger partial charge is 0.441 e. The van der Waals surface area contributed by atoms with Gasteiger partial charge >= 0.3 is 0 Å². The number of benzene rings is 2. The predicted molar refractivity (Wildman–Crippen MR) is 104 cm³/mol. The Balaban J connectivity index is 1.61. The molecule has 2 aromatic carbocycles. The van der Waals surface area contributed by atoms with Crippen molar-refractivity contribution in [2.24, 2.45) is 0 Å². The SMILES string of the molecule is Cc1c(NC(=O)CCc2ncc(-c3ccc(Br)cc3)o2)cccc1[N+](=O)[O-]. The number of rotatable bonds is 6. The Hall–Kier alpha value is -3.00. The zero-order chi connectivity index (χ0) is 19.4. The van der Waals surface area contributed by atoms with Crippen molar-refractivity contribution in [3.05, 3.63) is 74.7 Å². The molecule has 0 spiro atoms. The second kappa shape index (κ2) is 8.13. The van der Waals surface area contributed by atoms with E-state index in [2.05, 4.69) is 26.2 Å². The molecule has 8 heteroatoms. The Kier molecular flexibility index (Phi) is 5.66. The molecule has 0 aliphatic heterocycles. The number of aromatic nitrogens is 1. The van der Waals surface area contributed by atoms with Crippen LogP contribution < -0.4 is 5.32 Å². The molecule has 0 fully saturated rings. The summed E-state index contributed by atoms with van der Waals surface area (Å²) in [7, 11) is 0. The highest BCUT2D eigenvalue weighted by Gasteiger charge is 2.15. The first-order valence-electron chi connectivity index (χ1n) is 8.18. The molecule has 0 atom stereocenters. The first-order chi connectivity index (χ1) is 12.9.